The standard InChI is InChI=1S/C14H15ClN2O2/c15-10-12-16-13(19-17-12)14(6-8-18-9-7-14)11-4-2-1-3-5-11/h1-5H,6-10H2. The number of aromatic nitrogens is 2. The van der Waals surface area contributed by atoms with Gasteiger partial charge in [-0.3, -0.25) is 0 Å². The molecule has 0 radical (unpaired) electrons. The maximum Gasteiger partial charge on any atom is 0.237 e. The molecule has 0 amide bonds. The molecule has 100 valence electrons. The van der Waals surface area contributed by atoms with Gasteiger partial charge in [0.2, 0.25) is 5.89 Å². The third-order valence-corrected chi connectivity index (χ3v) is 3.91. The van der Waals surface area contributed by atoms with Gasteiger partial charge in [0, 0.05) is 13.2 Å². The van der Waals surface area contributed by atoms with E-state index in [1.54, 1.807) is 0 Å². The van der Waals surface area contributed by atoms with Crippen molar-refractivity contribution in [2.24, 2.45) is 0 Å². The fraction of sp³-hybridized carbons (Fsp3) is 0.429. The van der Waals surface area contributed by atoms with E-state index in [1.165, 1.54) is 5.56 Å². The zero-order chi connectivity index (χ0) is 13.1. The van der Waals surface area contributed by atoms with Crippen LogP contribution in [-0.2, 0) is 16.0 Å². The van der Waals surface area contributed by atoms with E-state index in [0.29, 0.717) is 24.9 Å². The summed E-state index contributed by atoms with van der Waals surface area (Å²) >= 11 is 5.76. The van der Waals surface area contributed by atoms with E-state index in [-0.39, 0.29) is 11.3 Å². The summed E-state index contributed by atoms with van der Waals surface area (Å²) < 4.78 is 10.9. The number of alkyl halides is 1. The fourth-order valence-electron chi connectivity index (χ4n) is 2.61. The molecule has 1 saturated heterocycles. The van der Waals surface area contributed by atoms with Gasteiger partial charge in [-0.15, -0.1) is 11.6 Å². The summed E-state index contributed by atoms with van der Waals surface area (Å²) in [5.41, 5.74) is 0.958. The van der Waals surface area contributed by atoms with Crippen molar-refractivity contribution in [2.75, 3.05) is 13.2 Å². The van der Waals surface area contributed by atoms with E-state index in [4.69, 9.17) is 20.9 Å². The lowest BCUT2D eigenvalue weighted by molar-refractivity contribution is 0.0523. The average Bonchev–Trinajstić information content (AvgIpc) is 2.98. The summed E-state index contributed by atoms with van der Waals surface area (Å²) in [5, 5.41) is 3.92. The van der Waals surface area contributed by atoms with Gasteiger partial charge in [0.1, 0.15) is 0 Å². The number of rotatable bonds is 3. The molecule has 1 fully saturated rings. The first kappa shape index (κ1) is 12.6. The van der Waals surface area contributed by atoms with E-state index in [1.807, 2.05) is 18.2 Å². The van der Waals surface area contributed by atoms with Crippen molar-refractivity contribution in [2.45, 2.75) is 24.1 Å². The molecule has 1 aromatic carbocycles. The highest BCUT2D eigenvalue weighted by Crippen LogP contribution is 2.40. The zero-order valence-electron chi connectivity index (χ0n) is 10.5. The van der Waals surface area contributed by atoms with Gasteiger partial charge < -0.3 is 9.26 Å². The molecule has 0 saturated carbocycles. The summed E-state index contributed by atoms with van der Waals surface area (Å²) in [5.74, 6) is 1.46. The second kappa shape index (κ2) is 5.31. The average molecular weight is 279 g/mol. The Kier molecular flexibility index (Phi) is 3.53. The second-order valence-electron chi connectivity index (χ2n) is 4.71. The van der Waals surface area contributed by atoms with Gasteiger partial charge in [-0.2, -0.15) is 4.98 Å². The summed E-state index contributed by atoms with van der Waals surface area (Å²) in [6, 6.07) is 10.3. The van der Waals surface area contributed by atoms with Crippen molar-refractivity contribution in [3.05, 3.63) is 47.6 Å². The topological polar surface area (TPSA) is 48.2 Å². The second-order valence-corrected chi connectivity index (χ2v) is 4.98. The number of ether oxygens (including phenoxy) is 1. The Morgan fingerprint density at radius 1 is 1.16 bits per heavy atom. The Morgan fingerprint density at radius 3 is 2.53 bits per heavy atom. The van der Waals surface area contributed by atoms with Crippen LogP contribution in [0.25, 0.3) is 0 Å². The van der Waals surface area contributed by atoms with Gasteiger partial charge in [-0.1, -0.05) is 35.5 Å². The third-order valence-electron chi connectivity index (χ3n) is 3.67. The van der Waals surface area contributed by atoms with Gasteiger partial charge in [0.25, 0.3) is 0 Å². The summed E-state index contributed by atoms with van der Waals surface area (Å²) in [4.78, 5) is 4.44. The van der Waals surface area contributed by atoms with Crippen LogP contribution in [0.4, 0.5) is 0 Å². The molecule has 1 aliphatic rings. The van der Waals surface area contributed by atoms with Gasteiger partial charge in [0.15, 0.2) is 5.82 Å². The van der Waals surface area contributed by atoms with Gasteiger partial charge >= 0.3 is 0 Å². The molecule has 2 aromatic rings. The molecule has 0 unspecified atom stereocenters. The lowest BCUT2D eigenvalue weighted by Crippen LogP contribution is -2.35. The summed E-state index contributed by atoms with van der Waals surface area (Å²) in [6.45, 7) is 1.40. The van der Waals surface area contributed by atoms with Crippen molar-refractivity contribution < 1.29 is 9.26 Å². The molecule has 3 rings (SSSR count). The monoisotopic (exact) mass is 278 g/mol. The van der Waals surface area contributed by atoms with E-state index < -0.39 is 0 Å². The van der Waals surface area contributed by atoms with Crippen LogP contribution in [0, 0.1) is 0 Å². The summed E-state index contributed by atoms with van der Waals surface area (Å²) in [6.07, 6.45) is 1.70. The first-order valence-electron chi connectivity index (χ1n) is 6.37. The third kappa shape index (κ3) is 2.26. The van der Waals surface area contributed by atoms with Crippen LogP contribution in [0.5, 0.6) is 0 Å². The van der Waals surface area contributed by atoms with Crippen LogP contribution >= 0.6 is 11.6 Å². The number of hydrogen-bond acceptors (Lipinski definition) is 4. The molecule has 0 bridgehead atoms. The quantitative estimate of drug-likeness (QED) is 0.810. The SMILES string of the molecule is ClCc1noc(C2(c3ccccc3)CCOCC2)n1. The number of benzene rings is 1. The molecule has 0 N–H and O–H groups in total. The molecular formula is C14H15ClN2O2. The molecule has 1 aliphatic heterocycles. The summed E-state index contributed by atoms with van der Waals surface area (Å²) in [7, 11) is 0. The molecule has 19 heavy (non-hydrogen) atoms. The number of hydrogen-bond donors (Lipinski definition) is 0. The molecule has 5 heteroatoms. The maximum atomic E-state index is 5.76. The lowest BCUT2D eigenvalue weighted by Gasteiger charge is -2.34. The maximum absolute atomic E-state index is 5.76. The lowest BCUT2D eigenvalue weighted by atomic mass is 9.74. The van der Waals surface area contributed by atoms with E-state index in [2.05, 4.69) is 22.3 Å². The van der Waals surface area contributed by atoms with Gasteiger partial charge in [-0.25, -0.2) is 0 Å². The Balaban J connectivity index is 2.06. The van der Waals surface area contributed by atoms with Gasteiger partial charge in [0.05, 0.1) is 11.3 Å². The van der Waals surface area contributed by atoms with Crippen molar-refractivity contribution in [1.29, 1.82) is 0 Å². The Labute approximate surface area is 116 Å². The molecule has 0 atom stereocenters. The molecular weight excluding hydrogens is 264 g/mol. The molecule has 4 nitrogen and oxygen atoms in total. The normalized spacial score (nSPS) is 18.4. The van der Waals surface area contributed by atoms with Crippen molar-refractivity contribution in [3.63, 3.8) is 0 Å². The van der Waals surface area contributed by atoms with Crippen LogP contribution in [0.1, 0.15) is 30.1 Å². The highest BCUT2D eigenvalue weighted by molar-refractivity contribution is 6.16. The van der Waals surface area contributed by atoms with Crippen LogP contribution in [0.15, 0.2) is 34.9 Å². The van der Waals surface area contributed by atoms with Crippen LogP contribution in [0.3, 0.4) is 0 Å². The fourth-order valence-corrected chi connectivity index (χ4v) is 2.71. The van der Waals surface area contributed by atoms with Crippen molar-refractivity contribution in [3.8, 4) is 0 Å². The predicted octanol–water partition coefficient (Wildman–Crippen LogP) is 2.90. The zero-order valence-corrected chi connectivity index (χ0v) is 11.3. The number of nitrogens with zero attached hydrogens (tertiary/aromatic N) is 2. The molecule has 1 aromatic heterocycles. The highest BCUT2D eigenvalue weighted by atomic mass is 35.5. The Bertz CT molecular complexity index is 535. The molecule has 0 aliphatic carbocycles. The minimum atomic E-state index is -0.239. The van der Waals surface area contributed by atoms with Crippen LogP contribution in [-0.4, -0.2) is 23.4 Å². The van der Waals surface area contributed by atoms with E-state index in [0.717, 1.165) is 12.8 Å². The predicted molar refractivity (Wildman–Crippen MR) is 71.1 cm³/mol. The number of halogens is 1. The van der Waals surface area contributed by atoms with Crippen molar-refractivity contribution >= 4 is 11.6 Å². The Morgan fingerprint density at radius 2 is 1.89 bits per heavy atom. The largest absolute Gasteiger partial charge is 0.381 e. The minimum Gasteiger partial charge on any atom is -0.381 e. The minimum absolute atomic E-state index is 0.239. The van der Waals surface area contributed by atoms with E-state index >= 15 is 0 Å². The van der Waals surface area contributed by atoms with Crippen molar-refractivity contribution in [1.82, 2.24) is 10.1 Å². The highest BCUT2D eigenvalue weighted by Gasteiger charge is 2.41. The first-order chi connectivity index (χ1) is 9.35. The molecule has 0 spiro atoms. The van der Waals surface area contributed by atoms with Crippen LogP contribution in [0.2, 0.25) is 0 Å². The first-order valence-corrected chi connectivity index (χ1v) is 6.91. The van der Waals surface area contributed by atoms with Gasteiger partial charge in [-0.05, 0) is 18.4 Å². The van der Waals surface area contributed by atoms with Crippen LogP contribution < -0.4 is 0 Å². The Hall–Kier alpha value is -1.39. The smallest absolute Gasteiger partial charge is 0.237 e. The van der Waals surface area contributed by atoms with E-state index in [9.17, 15) is 0 Å². The molecule has 2 heterocycles.